The Bertz CT molecular complexity index is 1280. The van der Waals surface area contributed by atoms with Gasteiger partial charge in [-0.25, -0.2) is 13.2 Å². The first-order valence-electron chi connectivity index (χ1n) is 10.7. The lowest BCUT2D eigenvalue weighted by Crippen LogP contribution is -2.33. The van der Waals surface area contributed by atoms with E-state index in [0.717, 1.165) is 40.3 Å². The smallest absolute Gasteiger partial charge is 0.324 e. The van der Waals surface area contributed by atoms with Gasteiger partial charge in [0.25, 0.3) is 5.91 Å². The van der Waals surface area contributed by atoms with Crippen LogP contribution in [-0.2, 0) is 34.1 Å². The fourth-order valence-corrected chi connectivity index (χ4v) is 4.63. The number of H-pyrrole nitrogens is 1. The van der Waals surface area contributed by atoms with E-state index in [1.165, 1.54) is 4.90 Å². The number of benzene rings is 2. The van der Waals surface area contributed by atoms with Gasteiger partial charge in [-0.2, -0.15) is 0 Å². The number of carbonyl (C=O) groups is 2. The number of rotatable bonds is 9. The molecule has 0 spiro atoms. The van der Waals surface area contributed by atoms with Crippen molar-refractivity contribution in [3.63, 3.8) is 0 Å². The number of nitrogens with two attached hydrogens (primary N) is 1. The van der Waals surface area contributed by atoms with Crippen molar-refractivity contribution in [3.8, 4) is 0 Å². The van der Waals surface area contributed by atoms with Gasteiger partial charge in [0.15, 0.2) is 0 Å². The van der Waals surface area contributed by atoms with E-state index in [2.05, 4.69) is 21.1 Å². The average molecular weight is 470 g/mol. The van der Waals surface area contributed by atoms with Gasteiger partial charge in [0, 0.05) is 35.8 Å². The molecule has 0 saturated carbocycles. The summed E-state index contributed by atoms with van der Waals surface area (Å²) in [6.45, 7) is 0.860. The third-order valence-electron chi connectivity index (χ3n) is 5.67. The topological polar surface area (TPSA) is 137 Å². The molecule has 0 unspecified atom stereocenters. The lowest BCUT2D eigenvalue weighted by molar-refractivity contribution is -0.127. The van der Waals surface area contributed by atoms with Crippen LogP contribution < -0.4 is 15.8 Å². The Balaban J connectivity index is 1.38. The molecule has 3 aromatic rings. The van der Waals surface area contributed by atoms with E-state index in [9.17, 15) is 18.0 Å². The number of hydrogen-bond acceptors (Lipinski definition) is 5. The van der Waals surface area contributed by atoms with E-state index < -0.39 is 22.1 Å². The normalized spacial score (nSPS) is 16.4. The summed E-state index contributed by atoms with van der Waals surface area (Å²) in [6, 6.07) is 11.8. The van der Waals surface area contributed by atoms with Gasteiger partial charge in [0.05, 0.1) is 6.26 Å². The number of aromatic nitrogens is 1. The molecule has 33 heavy (non-hydrogen) atoms. The van der Waals surface area contributed by atoms with Crippen molar-refractivity contribution in [2.45, 2.75) is 25.3 Å². The van der Waals surface area contributed by atoms with Gasteiger partial charge >= 0.3 is 6.03 Å². The van der Waals surface area contributed by atoms with Crippen LogP contribution >= 0.6 is 0 Å². The van der Waals surface area contributed by atoms with Crippen LogP contribution in [0.1, 0.15) is 16.7 Å². The van der Waals surface area contributed by atoms with Crippen LogP contribution in [0.15, 0.2) is 48.7 Å². The number of imide groups is 1. The number of aromatic amines is 1. The molecule has 2 aromatic carbocycles. The Morgan fingerprint density at radius 1 is 1.06 bits per heavy atom. The molecule has 3 amide bonds. The number of nitrogens with zero attached hydrogens (tertiary/aromatic N) is 1. The van der Waals surface area contributed by atoms with Crippen molar-refractivity contribution < 1.29 is 18.0 Å². The van der Waals surface area contributed by atoms with Gasteiger partial charge in [-0.1, -0.05) is 18.2 Å². The van der Waals surface area contributed by atoms with Crippen molar-refractivity contribution in [2.75, 3.05) is 24.1 Å². The molecule has 0 radical (unpaired) electrons. The predicted molar refractivity (Wildman–Crippen MR) is 127 cm³/mol. The molecule has 1 fully saturated rings. The fourth-order valence-electron chi connectivity index (χ4n) is 4.07. The van der Waals surface area contributed by atoms with Crippen molar-refractivity contribution >= 4 is 38.6 Å². The second-order valence-electron chi connectivity index (χ2n) is 8.25. The summed E-state index contributed by atoms with van der Waals surface area (Å²) >= 11 is 0. The van der Waals surface area contributed by atoms with Crippen LogP contribution in [0.4, 0.5) is 10.5 Å². The van der Waals surface area contributed by atoms with Gasteiger partial charge in [-0.15, -0.1) is 0 Å². The molecule has 1 aliphatic rings. The third kappa shape index (κ3) is 5.35. The Labute approximate surface area is 192 Å². The number of hydrogen-bond donors (Lipinski definition) is 4. The highest BCUT2D eigenvalue weighted by molar-refractivity contribution is 7.92. The van der Waals surface area contributed by atoms with E-state index in [1.54, 1.807) is 24.3 Å². The van der Waals surface area contributed by atoms with Crippen molar-refractivity contribution in [1.82, 2.24) is 15.2 Å². The van der Waals surface area contributed by atoms with Gasteiger partial charge in [0.2, 0.25) is 10.0 Å². The maximum absolute atomic E-state index is 12.8. The molecule has 5 N–H and O–H groups in total. The molecule has 1 atom stereocenters. The molecule has 9 nitrogen and oxygen atoms in total. The van der Waals surface area contributed by atoms with Crippen molar-refractivity contribution in [2.24, 2.45) is 5.73 Å². The molecule has 1 aromatic heterocycles. The van der Waals surface area contributed by atoms with Crippen LogP contribution in [0, 0.1) is 0 Å². The lowest BCUT2D eigenvalue weighted by Gasteiger charge is -2.13. The fraction of sp³-hybridized carbons (Fsp3) is 0.304. The van der Waals surface area contributed by atoms with Crippen molar-refractivity contribution in [3.05, 3.63) is 65.4 Å². The summed E-state index contributed by atoms with van der Waals surface area (Å²) in [4.78, 5) is 29.8. The largest absolute Gasteiger partial charge is 0.361 e. The second kappa shape index (κ2) is 9.24. The Kier molecular flexibility index (Phi) is 6.39. The predicted octanol–water partition coefficient (Wildman–Crippen LogP) is 1.75. The molecular formula is C23H27N5O4S. The van der Waals surface area contributed by atoms with Crippen LogP contribution in [0.3, 0.4) is 0 Å². The number of amides is 3. The summed E-state index contributed by atoms with van der Waals surface area (Å²) in [6.07, 6.45) is 4.72. The molecule has 174 valence electrons. The maximum Gasteiger partial charge on any atom is 0.324 e. The van der Waals surface area contributed by atoms with Crippen LogP contribution in [0.5, 0.6) is 0 Å². The lowest BCUT2D eigenvalue weighted by atomic mass is 10.0. The number of fused-ring (bicyclic) bond motifs is 1. The monoisotopic (exact) mass is 469 g/mol. The average Bonchev–Trinajstić information content (AvgIpc) is 3.27. The first-order valence-corrected chi connectivity index (χ1v) is 12.6. The quantitative estimate of drug-likeness (QED) is 0.354. The highest BCUT2D eigenvalue weighted by atomic mass is 32.2. The summed E-state index contributed by atoms with van der Waals surface area (Å²) in [5.41, 5.74) is 10.2. The minimum absolute atomic E-state index is 0.259. The summed E-state index contributed by atoms with van der Waals surface area (Å²) in [7, 11) is -3.35. The minimum atomic E-state index is -3.35. The zero-order valence-electron chi connectivity index (χ0n) is 18.3. The molecule has 4 rings (SSSR count). The van der Waals surface area contributed by atoms with Crippen molar-refractivity contribution in [1.29, 1.82) is 0 Å². The van der Waals surface area contributed by atoms with Gasteiger partial charge in [-0.3, -0.25) is 14.4 Å². The summed E-state index contributed by atoms with van der Waals surface area (Å²) in [5.74, 6) is -0.259. The number of urea groups is 1. The number of carbonyl (C=O) groups excluding carboxylic acids is 2. The molecule has 10 heteroatoms. The zero-order chi connectivity index (χ0) is 23.6. The first kappa shape index (κ1) is 22.8. The summed E-state index contributed by atoms with van der Waals surface area (Å²) in [5, 5.41) is 3.86. The van der Waals surface area contributed by atoms with Crippen LogP contribution in [0.2, 0.25) is 0 Å². The molecule has 0 aliphatic carbocycles. The molecule has 0 bridgehead atoms. The van der Waals surface area contributed by atoms with Gasteiger partial charge in [0.1, 0.15) is 6.04 Å². The number of nitrogens with one attached hydrogen (secondary N) is 3. The number of sulfonamides is 1. The first-order chi connectivity index (χ1) is 15.7. The van der Waals surface area contributed by atoms with Gasteiger partial charge < -0.3 is 16.0 Å². The summed E-state index contributed by atoms with van der Waals surface area (Å²) < 4.78 is 25.0. The minimum Gasteiger partial charge on any atom is -0.361 e. The van der Waals surface area contributed by atoms with E-state index in [0.29, 0.717) is 31.6 Å². The highest BCUT2D eigenvalue weighted by Gasteiger charge is 2.37. The highest BCUT2D eigenvalue weighted by Crippen LogP contribution is 2.21. The SMILES string of the molecule is CS(=O)(=O)Nc1ccc(C[C@@H]2NC(=O)N(CCc3ccc4[nH]cc(CCN)c4c3)C2=O)cc1. The van der Waals surface area contributed by atoms with E-state index in [-0.39, 0.29) is 5.91 Å². The van der Waals surface area contributed by atoms with Gasteiger partial charge in [-0.05, 0) is 60.3 Å². The Morgan fingerprint density at radius 2 is 1.79 bits per heavy atom. The Hall–Kier alpha value is -3.37. The van der Waals surface area contributed by atoms with E-state index >= 15 is 0 Å². The molecular weight excluding hydrogens is 442 g/mol. The van der Waals surface area contributed by atoms with Crippen LogP contribution in [-0.4, -0.2) is 55.6 Å². The number of anilines is 1. The third-order valence-corrected chi connectivity index (χ3v) is 6.28. The zero-order valence-corrected chi connectivity index (χ0v) is 19.1. The Morgan fingerprint density at radius 3 is 2.48 bits per heavy atom. The van der Waals surface area contributed by atoms with E-state index in [1.807, 2.05) is 18.3 Å². The molecule has 1 saturated heterocycles. The molecule has 2 heterocycles. The molecule has 1 aliphatic heterocycles. The van der Waals surface area contributed by atoms with Crippen LogP contribution in [0.25, 0.3) is 10.9 Å². The maximum atomic E-state index is 12.8. The standard InChI is InChI=1S/C23H27N5O4S/c1-33(31,32)27-18-5-2-15(3-6-18)13-21-22(29)28(23(30)26-21)11-9-16-4-7-20-19(12-16)17(8-10-24)14-25-20/h2-7,12,14,21,25,27H,8-11,13,24H2,1H3,(H,26,30)/t21-/m0/s1. The second-order valence-corrected chi connectivity index (χ2v) is 10.00. The van der Waals surface area contributed by atoms with E-state index in [4.69, 9.17) is 5.73 Å².